The Hall–Kier alpha value is -1.55. The highest BCUT2D eigenvalue weighted by Crippen LogP contribution is 2.41. The fraction of sp³-hybridized carbons (Fsp3) is 0.562. The fourth-order valence-corrected chi connectivity index (χ4v) is 3.45. The average Bonchev–Trinajstić information content (AvgIpc) is 3.06. The summed E-state index contributed by atoms with van der Waals surface area (Å²) in [5, 5.41) is 0. The Balaban J connectivity index is 1.58. The summed E-state index contributed by atoms with van der Waals surface area (Å²) in [6.07, 6.45) is 6.49. The molecular formula is C16H22N2O2. The molecule has 0 aromatic carbocycles. The highest BCUT2D eigenvalue weighted by molar-refractivity contribution is 5.85. The van der Waals surface area contributed by atoms with Crippen LogP contribution < -0.4 is 0 Å². The Labute approximate surface area is 120 Å². The summed E-state index contributed by atoms with van der Waals surface area (Å²) in [4.78, 5) is 16.9. The summed E-state index contributed by atoms with van der Waals surface area (Å²) in [7, 11) is 0. The monoisotopic (exact) mass is 274 g/mol. The maximum Gasteiger partial charge on any atom is 0.229 e. The second-order valence-corrected chi connectivity index (χ2v) is 5.93. The second kappa shape index (κ2) is 5.44. The topological polar surface area (TPSA) is 36.7 Å². The number of hydrogen-bond donors (Lipinski definition) is 0. The van der Waals surface area contributed by atoms with Crippen molar-refractivity contribution < 1.29 is 9.21 Å². The van der Waals surface area contributed by atoms with Crippen LogP contribution in [0.3, 0.4) is 0 Å². The lowest BCUT2D eigenvalue weighted by molar-refractivity contribution is -0.138. The van der Waals surface area contributed by atoms with E-state index in [-0.39, 0.29) is 5.41 Å². The van der Waals surface area contributed by atoms with Crippen LogP contribution in [0.5, 0.6) is 0 Å². The molecule has 0 N–H and O–H groups in total. The van der Waals surface area contributed by atoms with Crippen molar-refractivity contribution in [2.45, 2.75) is 25.8 Å². The molecule has 3 rings (SSSR count). The number of rotatable bonds is 4. The molecule has 1 aromatic heterocycles. The van der Waals surface area contributed by atoms with Crippen LogP contribution in [0.2, 0.25) is 0 Å². The van der Waals surface area contributed by atoms with E-state index in [1.165, 1.54) is 0 Å². The van der Waals surface area contributed by atoms with Crippen LogP contribution in [0, 0.1) is 5.41 Å². The molecule has 20 heavy (non-hydrogen) atoms. The number of furan rings is 1. The lowest BCUT2D eigenvalue weighted by Gasteiger charge is -2.37. The van der Waals surface area contributed by atoms with Crippen molar-refractivity contribution in [3.05, 3.63) is 36.8 Å². The van der Waals surface area contributed by atoms with Gasteiger partial charge in [-0.1, -0.05) is 6.08 Å². The normalized spacial score (nSPS) is 22.6. The lowest BCUT2D eigenvalue weighted by atomic mass is 9.77. The molecule has 3 heterocycles. The van der Waals surface area contributed by atoms with Crippen LogP contribution in [-0.4, -0.2) is 41.9 Å². The van der Waals surface area contributed by atoms with Crippen LogP contribution >= 0.6 is 0 Å². The van der Waals surface area contributed by atoms with E-state index < -0.39 is 0 Å². The summed E-state index contributed by atoms with van der Waals surface area (Å²) in [6, 6.07) is 3.94. The molecule has 2 aliphatic heterocycles. The van der Waals surface area contributed by atoms with Crippen LogP contribution in [0.15, 0.2) is 35.5 Å². The Morgan fingerprint density at radius 2 is 2.05 bits per heavy atom. The van der Waals surface area contributed by atoms with E-state index in [2.05, 4.69) is 11.5 Å². The van der Waals surface area contributed by atoms with E-state index >= 15 is 0 Å². The third-order valence-electron chi connectivity index (χ3n) is 4.72. The van der Waals surface area contributed by atoms with Gasteiger partial charge < -0.3 is 9.32 Å². The molecule has 1 amide bonds. The first-order chi connectivity index (χ1) is 9.73. The Morgan fingerprint density at radius 3 is 2.70 bits per heavy atom. The van der Waals surface area contributed by atoms with Crippen LogP contribution in [-0.2, 0) is 11.3 Å². The Bertz CT molecular complexity index is 473. The summed E-state index contributed by atoms with van der Waals surface area (Å²) in [5.74, 6) is 1.35. The molecule has 0 aliphatic carbocycles. The molecular weight excluding hydrogens is 252 g/mol. The van der Waals surface area contributed by atoms with Crippen LogP contribution in [0.1, 0.15) is 25.0 Å². The summed E-state index contributed by atoms with van der Waals surface area (Å²) in [6.45, 7) is 8.13. The highest BCUT2D eigenvalue weighted by Gasteiger charge is 2.47. The van der Waals surface area contributed by atoms with Gasteiger partial charge in [0.25, 0.3) is 0 Å². The van der Waals surface area contributed by atoms with Crippen molar-refractivity contribution in [2.24, 2.45) is 5.41 Å². The van der Waals surface area contributed by atoms with Gasteiger partial charge in [0, 0.05) is 13.1 Å². The minimum atomic E-state index is -0.0946. The Morgan fingerprint density at radius 1 is 1.30 bits per heavy atom. The van der Waals surface area contributed by atoms with Gasteiger partial charge in [-0.25, -0.2) is 0 Å². The van der Waals surface area contributed by atoms with Crippen molar-refractivity contribution in [1.82, 2.24) is 9.80 Å². The minimum absolute atomic E-state index is 0.0946. The number of likely N-dealkylation sites (tertiary alicyclic amines) is 2. The first-order valence-corrected chi connectivity index (χ1v) is 7.38. The van der Waals surface area contributed by atoms with Gasteiger partial charge in [-0.3, -0.25) is 9.69 Å². The number of carbonyl (C=O) groups excluding carboxylic acids is 1. The molecule has 0 bridgehead atoms. The van der Waals surface area contributed by atoms with E-state index in [9.17, 15) is 4.79 Å². The lowest BCUT2D eigenvalue weighted by Crippen LogP contribution is -2.44. The predicted molar refractivity (Wildman–Crippen MR) is 77.0 cm³/mol. The van der Waals surface area contributed by atoms with Crippen molar-refractivity contribution in [3.63, 3.8) is 0 Å². The second-order valence-electron chi connectivity index (χ2n) is 5.93. The molecule has 4 heteroatoms. The zero-order valence-corrected chi connectivity index (χ0v) is 11.9. The number of piperidine rings is 1. The smallest absolute Gasteiger partial charge is 0.229 e. The number of amides is 1. The van der Waals surface area contributed by atoms with Gasteiger partial charge in [-0.2, -0.15) is 0 Å². The molecule has 2 fully saturated rings. The molecule has 0 radical (unpaired) electrons. The van der Waals surface area contributed by atoms with Gasteiger partial charge in [-0.05, 0) is 44.5 Å². The minimum Gasteiger partial charge on any atom is -0.468 e. The first kappa shape index (κ1) is 13.4. The van der Waals surface area contributed by atoms with Crippen molar-refractivity contribution >= 4 is 5.91 Å². The van der Waals surface area contributed by atoms with Crippen LogP contribution in [0.25, 0.3) is 0 Å². The van der Waals surface area contributed by atoms with Gasteiger partial charge in [0.1, 0.15) is 5.76 Å². The van der Waals surface area contributed by atoms with Crippen molar-refractivity contribution in [2.75, 3.05) is 26.2 Å². The summed E-state index contributed by atoms with van der Waals surface area (Å²) in [5.41, 5.74) is -0.0946. The summed E-state index contributed by atoms with van der Waals surface area (Å²) >= 11 is 0. The highest BCUT2D eigenvalue weighted by atomic mass is 16.3. The largest absolute Gasteiger partial charge is 0.468 e. The number of carbonyl (C=O) groups is 1. The standard InChI is InChI=1S/C16H22N2O2/c1-2-8-18-11-7-16(15(18)19)5-9-17(10-6-16)13-14-4-3-12-20-14/h2-4,12H,1,5-11,13H2. The Kier molecular flexibility index (Phi) is 3.66. The molecule has 4 nitrogen and oxygen atoms in total. The van der Waals surface area contributed by atoms with E-state index in [1.807, 2.05) is 23.1 Å². The van der Waals surface area contributed by atoms with Crippen molar-refractivity contribution in [3.8, 4) is 0 Å². The summed E-state index contributed by atoms with van der Waals surface area (Å²) < 4.78 is 5.40. The third kappa shape index (κ3) is 2.40. The molecule has 0 unspecified atom stereocenters. The molecule has 2 aliphatic rings. The molecule has 108 valence electrons. The third-order valence-corrected chi connectivity index (χ3v) is 4.72. The first-order valence-electron chi connectivity index (χ1n) is 7.38. The molecule has 1 spiro atoms. The maximum absolute atomic E-state index is 12.5. The molecule has 1 aromatic rings. The van der Waals surface area contributed by atoms with E-state index in [0.29, 0.717) is 12.5 Å². The van der Waals surface area contributed by atoms with Gasteiger partial charge in [0.05, 0.1) is 18.2 Å². The zero-order valence-electron chi connectivity index (χ0n) is 11.9. The van der Waals surface area contributed by atoms with Crippen LogP contribution in [0.4, 0.5) is 0 Å². The van der Waals surface area contributed by atoms with E-state index in [0.717, 1.165) is 51.2 Å². The molecule has 2 saturated heterocycles. The van der Waals surface area contributed by atoms with Gasteiger partial charge in [-0.15, -0.1) is 6.58 Å². The number of hydrogen-bond acceptors (Lipinski definition) is 3. The average molecular weight is 274 g/mol. The van der Waals surface area contributed by atoms with E-state index in [1.54, 1.807) is 6.26 Å². The molecule has 0 saturated carbocycles. The fourth-order valence-electron chi connectivity index (χ4n) is 3.45. The zero-order chi connectivity index (χ0) is 14.0. The van der Waals surface area contributed by atoms with E-state index in [4.69, 9.17) is 4.42 Å². The quantitative estimate of drug-likeness (QED) is 0.790. The number of nitrogens with zero attached hydrogens (tertiary/aromatic N) is 2. The SMILES string of the molecule is C=CCN1CCC2(CCN(Cc3ccco3)CC2)C1=O. The maximum atomic E-state index is 12.5. The van der Waals surface area contributed by atoms with Gasteiger partial charge in [0.15, 0.2) is 0 Å². The van der Waals surface area contributed by atoms with Crippen molar-refractivity contribution in [1.29, 1.82) is 0 Å². The van der Waals surface area contributed by atoms with Gasteiger partial charge in [0.2, 0.25) is 5.91 Å². The molecule has 0 atom stereocenters. The van der Waals surface area contributed by atoms with Gasteiger partial charge >= 0.3 is 0 Å². The predicted octanol–water partition coefficient (Wildman–Crippen LogP) is 2.28.